The predicted molar refractivity (Wildman–Crippen MR) is 60.0 cm³/mol. The minimum absolute atomic E-state index is 0.0695. The molecule has 0 aromatic heterocycles. The van der Waals surface area contributed by atoms with Gasteiger partial charge in [0.15, 0.2) is 5.96 Å². The average Bonchev–Trinajstić information content (AvgIpc) is 2.19. The first kappa shape index (κ1) is 16.5. The number of halogens is 3. The van der Waals surface area contributed by atoms with E-state index in [1.165, 1.54) is 0 Å². The van der Waals surface area contributed by atoms with E-state index in [9.17, 15) is 18.0 Å². The topological polar surface area (TPSA) is 114 Å². The molecule has 0 rings (SSSR count). The smallest absolute Gasteiger partial charge is 0.401 e. The van der Waals surface area contributed by atoms with Gasteiger partial charge in [-0.2, -0.15) is 13.2 Å². The van der Waals surface area contributed by atoms with Crippen LogP contribution in [0.2, 0.25) is 0 Å². The number of carboxylic acids is 1. The molecule has 0 aliphatic heterocycles. The molecule has 9 heteroatoms. The molecule has 0 saturated heterocycles. The summed E-state index contributed by atoms with van der Waals surface area (Å²) in [5.41, 5.74) is 10.1. The van der Waals surface area contributed by atoms with E-state index < -0.39 is 24.7 Å². The molecule has 0 amide bonds. The summed E-state index contributed by atoms with van der Waals surface area (Å²) in [5, 5.41) is 10.7. The van der Waals surface area contributed by atoms with E-state index in [0.717, 1.165) is 0 Å². The van der Waals surface area contributed by atoms with Crippen LogP contribution in [-0.4, -0.2) is 42.3 Å². The number of rotatable bonds is 8. The maximum Gasteiger partial charge on any atom is 0.401 e. The molecule has 18 heavy (non-hydrogen) atoms. The summed E-state index contributed by atoms with van der Waals surface area (Å²) in [6, 6.07) is -1.22. The van der Waals surface area contributed by atoms with E-state index >= 15 is 0 Å². The zero-order valence-electron chi connectivity index (χ0n) is 9.70. The predicted octanol–water partition coefficient (Wildman–Crippen LogP) is 0.0352. The second-order valence-corrected chi connectivity index (χ2v) is 3.69. The average molecular weight is 270 g/mol. The molecule has 0 radical (unpaired) electrons. The first-order chi connectivity index (χ1) is 8.22. The number of nitrogens with two attached hydrogens (primary N) is 2. The van der Waals surface area contributed by atoms with Gasteiger partial charge in [-0.1, -0.05) is 0 Å². The Morgan fingerprint density at radius 1 is 1.33 bits per heavy atom. The Morgan fingerprint density at radius 3 is 2.39 bits per heavy atom. The van der Waals surface area contributed by atoms with Crippen molar-refractivity contribution in [2.24, 2.45) is 16.5 Å². The van der Waals surface area contributed by atoms with Crippen molar-refractivity contribution in [3.63, 3.8) is 0 Å². The number of carbonyl (C=O) groups is 1. The number of carboxylic acid groups (broad SMARTS) is 1. The highest BCUT2D eigenvalue weighted by molar-refractivity contribution is 5.75. The third kappa shape index (κ3) is 9.70. The van der Waals surface area contributed by atoms with E-state index in [1.807, 2.05) is 5.32 Å². The summed E-state index contributed by atoms with van der Waals surface area (Å²) < 4.78 is 35.7. The van der Waals surface area contributed by atoms with Gasteiger partial charge in [0, 0.05) is 6.54 Å². The standard InChI is InChI=1S/C9H17F3N4O2/c10-9(11,12)5-16-6(7(17)18)3-1-2-4-15-8(13)14/h6,16H,1-5H2,(H,17,18)(H4,13,14,15)/t6-/m1/s1. The molecular weight excluding hydrogens is 253 g/mol. The number of hydrogen-bond acceptors (Lipinski definition) is 3. The van der Waals surface area contributed by atoms with E-state index in [0.29, 0.717) is 19.4 Å². The van der Waals surface area contributed by atoms with Crippen molar-refractivity contribution in [2.75, 3.05) is 13.1 Å². The highest BCUT2D eigenvalue weighted by Crippen LogP contribution is 2.13. The lowest BCUT2D eigenvalue weighted by atomic mass is 10.1. The van der Waals surface area contributed by atoms with Crippen LogP contribution in [0.5, 0.6) is 0 Å². The fourth-order valence-electron chi connectivity index (χ4n) is 1.22. The number of nitrogens with zero attached hydrogens (tertiary/aromatic N) is 1. The van der Waals surface area contributed by atoms with Crippen LogP contribution in [0, 0.1) is 0 Å². The van der Waals surface area contributed by atoms with Crippen LogP contribution in [0.25, 0.3) is 0 Å². The molecule has 0 aliphatic rings. The van der Waals surface area contributed by atoms with Gasteiger partial charge in [-0.05, 0) is 19.3 Å². The van der Waals surface area contributed by atoms with Crippen LogP contribution in [0.1, 0.15) is 19.3 Å². The molecule has 0 saturated carbocycles. The van der Waals surface area contributed by atoms with Crippen LogP contribution < -0.4 is 16.8 Å². The van der Waals surface area contributed by atoms with Gasteiger partial charge in [0.05, 0.1) is 6.54 Å². The lowest BCUT2D eigenvalue weighted by molar-refractivity contribution is -0.143. The molecule has 0 heterocycles. The molecule has 0 unspecified atom stereocenters. The Labute approximate surface area is 102 Å². The van der Waals surface area contributed by atoms with Crippen molar-refractivity contribution in [3.8, 4) is 0 Å². The maximum absolute atomic E-state index is 11.9. The fraction of sp³-hybridized carbons (Fsp3) is 0.778. The highest BCUT2D eigenvalue weighted by atomic mass is 19.4. The molecule has 106 valence electrons. The van der Waals surface area contributed by atoms with Crippen molar-refractivity contribution in [1.29, 1.82) is 0 Å². The molecule has 0 aromatic rings. The minimum Gasteiger partial charge on any atom is -0.480 e. The Kier molecular flexibility index (Phi) is 7.10. The number of unbranched alkanes of at least 4 members (excludes halogenated alkanes) is 1. The largest absolute Gasteiger partial charge is 0.480 e. The molecule has 6 nitrogen and oxygen atoms in total. The molecule has 0 aliphatic carbocycles. The normalized spacial score (nSPS) is 13.1. The summed E-state index contributed by atoms with van der Waals surface area (Å²) in [7, 11) is 0. The first-order valence-electron chi connectivity index (χ1n) is 5.30. The van der Waals surface area contributed by atoms with Crippen LogP contribution in [0.4, 0.5) is 13.2 Å². The zero-order chi connectivity index (χ0) is 14.2. The highest BCUT2D eigenvalue weighted by Gasteiger charge is 2.29. The second kappa shape index (κ2) is 7.75. The minimum atomic E-state index is -4.42. The van der Waals surface area contributed by atoms with E-state index in [1.54, 1.807) is 0 Å². The van der Waals surface area contributed by atoms with Gasteiger partial charge in [0.1, 0.15) is 6.04 Å². The summed E-state index contributed by atoms with van der Waals surface area (Å²) in [5.74, 6) is -1.37. The summed E-state index contributed by atoms with van der Waals surface area (Å²) in [4.78, 5) is 14.4. The van der Waals surface area contributed by atoms with Crippen molar-refractivity contribution >= 4 is 11.9 Å². The third-order valence-electron chi connectivity index (χ3n) is 2.04. The molecule has 0 fully saturated rings. The van der Waals surface area contributed by atoms with Crippen molar-refractivity contribution in [2.45, 2.75) is 31.5 Å². The lowest BCUT2D eigenvalue weighted by Crippen LogP contribution is -2.42. The van der Waals surface area contributed by atoms with Crippen LogP contribution in [0.15, 0.2) is 4.99 Å². The fourth-order valence-corrected chi connectivity index (χ4v) is 1.22. The van der Waals surface area contributed by atoms with Crippen LogP contribution >= 0.6 is 0 Å². The SMILES string of the molecule is NC(N)=NCCCC[C@@H](NCC(F)(F)F)C(=O)O. The first-order valence-corrected chi connectivity index (χ1v) is 5.30. The summed E-state index contributed by atoms with van der Waals surface area (Å²) in [6.45, 7) is -0.994. The number of aliphatic carboxylic acids is 1. The number of hydrogen-bond donors (Lipinski definition) is 4. The van der Waals surface area contributed by atoms with E-state index in [4.69, 9.17) is 16.6 Å². The molecule has 6 N–H and O–H groups in total. The second-order valence-electron chi connectivity index (χ2n) is 3.69. The number of nitrogens with one attached hydrogen (secondary N) is 1. The molecule has 0 spiro atoms. The Hall–Kier alpha value is -1.51. The van der Waals surface area contributed by atoms with Crippen LogP contribution in [0.3, 0.4) is 0 Å². The molecule has 1 atom stereocenters. The van der Waals surface area contributed by atoms with Crippen LogP contribution in [-0.2, 0) is 4.79 Å². The van der Waals surface area contributed by atoms with Gasteiger partial charge in [-0.3, -0.25) is 15.1 Å². The monoisotopic (exact) mass is 270 g/mol. The van der Waals surface area contributed by atoms with E-state index in [2.05, 4.69) is 4.99 Å². The number of aliphatic imine (C=N–C) groups is 1. The quantitative estimate of drug-likeness (QED) is 0.282. The molecule has 0 bridgehead atoms. The van der Waals surface area contributed by atoms with Gasteiger partial charge in [0.25, 0.3) is 0 Å². The maximum atomic E-state index is 11.9. The third-order valence-corrected chi connectivity index (χ3v) is 2.04. The van der Waals surface area contributed by atoms with Gasteiger partial charge >= 0.3 is 12.1 Å². The lowest BCUT2D eigenvalue weighted by Gasteiger charge is -2.15. The van der Waals surface area contributed by atoms with Crippen molar-refractivity contribution in [3.05, 3.63) is 0 Å². The molecule has 0 aromatic carbocycles. The number of alkyl halides is 3. The van der Waals surface area contributed by atoms with E-state index in [-0.39, 0.29) is 12.4 Å². The molecular formula is C9H17F3N4O2. The van der Waals surface area contributed by atoms with Gasteiger partial charge in [-0.15, -0.1) is 0 Å². The van der Waals surface area contributed by atoms with Gasteiger partial charge in [0.2, 0.25) is 0 Å². The van der Waals surface area contributed by atoms with Crippen molar-refractivity contribution < 1.29 is 23.1 Å². The Bertz CT molecular complexity index is 290. The summed E-state index contributed by atoms with van der Waals surface area (Å²) >= 11 is 0. The van der Waals surface area contributed by atoms with Crippen molar-refractivity contribution in [1.82, 2.24) is 5.32 Å². The zero-order valence-corrected chi connectivity index (χ0v) is 9.70. The number of guanidine groups is 1. The summed E-state index contributed by atoms with van der Waals surface area (Å²) in [6.07, 6.45) is -3.41. The van der Waals surface area contributed by atoms with Gasteiger partial charge in [-0.25, -0.2) is 0 Å². The Balaban J connectivity index is 3.92. The van der Waals surface area contributed by atoms with Gasteiger partial charge < -0.3 is 16.6 Å². The Morgan fingerprint density at radius 2 is 1.94 bits per heavy atom.